The number of phenols is 1. The van der Waals surface area contributed by atoms with Crippen LogP contribution in [0, 0.1) is 12.8 Å². The zero-order valence-electron chi connectivity index (χ0n) is 33.8. The molecule has 15 nitrogen and oxygen atoms in total. The number of carbonyl (C=O) groups excluding carboxylic acids is 2. The molecule has 0 saturated carbocycles. The molecule has 2 fully saturated rings. The fourth-order valence-corrected chi connectivity index (χ4v) is 9.89. The van der Waals surface area contributed by atoms with Gasteiger partial charge in [-0.1, -0.05) is 55.4 Å². The number of hydrogen-bond donors (Lipinski definition) is 3. The lowest BCUT2D eigenvalue weighted by atomic mass is 9.91. The van der Waals surface area contributed by atoms with E-state index in [4.69, 9.17) is 4.52 Å². The predicted octanol–water partition coefficient (Wildman–Crippen LogP) is 6.29. The summed E-state index contributed by atoms with van der Waals surface area (Å²) in [7, 11) is 0. The van der Waals surface area contributed by atoms with E-state index in [1.54, 1.807) is 53.3 Å². The van der Waals surface area contributed by atoms with E-state index in [-0.39, 0.29) is 36.4 Å². The molecule has 0 spiro atoms. The molecule has 61 heavy (non-hydrogen) atoms. The molecular weight excluding hydrogens is 813 g/mol. The van der Waals surface area contributed by atoms with Crippen LogP contribution in [0.4, 0.5) is 10.9 Å². The van der Waals surface area contributed by atoms with E-state index in [0.717, 1.165) is 63.1 Å². The molecular formula is C44H44N10O5S2. The Labute approximate surface area is 359 Å². The summed E-state index contributed by atoms with van der Waals surface area (Å²) < 4.78 is 6.80. The molecule has 1 unspecified atom stereocenters. The number of aryl methyl sites for hydroxylation is 1. The van der Waals surface area contributed by atoms with E-state index in [9.17, 15) is 19.8 Å². The number of hydrogen-bond acceptors (Lipinski definition) is 15. The second-order valence-corrected chi connectivity index (χ2v) is 17.7. The number of likely N-dealkylation sites (tertiary alicyclic amines) is 1. The van der Waals surface area contributed by atoms with Gasteiger partial charge in [0.15, 0.2) is 0 Å². The Balaban J connectivity index is 0.816. The SMILES string of the molecule is Cc1ncsc1-c1ccc(CNC(=O)[C@@H]2C[C@@H](O)CN2C(=O)C(c2cc(-c3cnc(N4CCN(c5cc6nnc(-c7ccccc7O)cc6s5)CC4)nc3)no2)C(C)C)cc1. The van der Waals surface area contributed by atoms with Crippen molar-refractivity contribution in [2.45, 2.75) is 51.8 Å². The van der Waals surface area contributed by atoms with Crippen LogP contribution in [0.15, 0.2) is 89.2 Å². The summed E-state index contributed by atoms with van der Waals surface area (Å²) in [6.07, 6.45) is 2.74. The monoisotopic (exact) mass is 856 g/mol. The summed E-state index contributed by atoms with van der Waals surface area (Å²) in [4.78, 5) is 48.4. The number of piperazine rings is 1. The number of anilines is 2. The highest BCUT2D eigenvalue weighted by molar-refractivity contribution is 7.22. The number of benzene rings is 2. The minimum absolute atomic E-state index is 0.0497. The number of phenolic OH excluding ortho intramolecular Hbond substituents is 1. The fraction of sp³-hybridized carbons (Fsp3) is 0.318. The molecule has 312 valence electrons. The van der Waals surface area contributed by atoms with Crippen LogP contribution in [0.1, 0.15) is 43.2 Å². The van der Waals surface area contributed by atoms with Gasteiger partial charge in [-0.15, -0.1) is 32.9 Å². The summed E-state index contributed by atoms with van der Waals surface area (Å²) in [6, 6.07) is 20.0. The highest BCUT2D eigenvalue weighted by Gasteiger charge is 2.43. The second-order valence-electron chi connectivity index (χ2n) is 15.7. The third kappa shape index (κ3) is 8.28. The Morgan fingerprint density at radius 2 is 1.67 bits per heavy atom. The standard InChI is InChI=1S/C44H44N10O5S2/c1-25(2)40(43(58)54-23-30(55)16-35(54)42(57)45-20-27-8-10-28(11-9-27)41-26(3)48-24-60-41)37-17-32(51-59-37)29-21-46-44(47-22-29)53-14-12-52(13-15-53)39-19-34-38(61-39)18-33(49-50-34)31-6-4-5-7-36(31)56/h4-11,17-19,21-22,24-25,30,35,40,55-56H,12-16,20,23H2,1-3H3,(H,45,57)/t30-,35+,40?/m1/s1. The summed E-state index contributed by atoms with van der Waals surface area (Å²) in [6.45, 7) is 9.15. The van der Waals surface area contributed by atoms with Crippen LogP contribution in [0.5, 0.6) is 5.75 Å². The number of β-amino-alcohol motifs (C(OH)–C–C–N with tert-alkyl or cyclic N) is 1. The Morgan fingerprint density at radius 1 is 0.918 bits per heavy atom. The minimum atomic E-state index is -0.824. The Hall–Kier alpha value is -6.30. The molecule has 0 bridgehead atoms. The first-order chi connectivity index (χ1) is 29.6. The number of thiophene rings is 1. The van der Waals surface area contributed by atoms with Crippen molar-refractivity contribution in [1.29, 1.82) is 0 Å². The van der Waals surface area contributed by atoms with E-state index in [1.165, 1.54) is 4.90 Å². The first kappa shape index (κ1) is 40.1. The number of aliphatic hydroxyl groups excluding tert-OH is 1. The van der Waals surface area contributed by atoms with Crippen LogP contribution >= 0.6 is 22.7 Å². The molecule has 2 aliphatic heterocycles. The third-order valence-corrected chi connectivity index (χ3v) is 13.4. The summed E-state index contributed by atoms with van der Waals surface area (Å²) in [5.41, 5.74) is 8.04. The molecule has 2 aromatic carbocycles. The Morgan fingerprint density at radius 3 is 2.39 bits per heavy atom. The molecule has 0 radical (unpaired) electrons. The molecule has 9 rings (SSSR count). The maximum absolute atomic E-state index is 14.2. The number of fused-ring (bicyclic) bond motifs is 1. The van der Waals surface area contributed by atoms with Crippen molar-refractivity contribution in [2.75, 3.05) is 42.5 Å². The zero-order chi connectivity index (χ0) is 42.2. The Kier molecular flexibility index (Phi) is 11.2. The van der Waals surface area contributed by atoms with E-state index in [0.29, 0.717) is 40.8 Å². The van der Waals surface area contributed by atoms with Gasteiger partial charge >= 0.3 is 0 Å². The van der Waals surface area contributed by atoms with Crippen molar-refractivity contribution in [1.82, 2.24) is 40.5 Å². The number of carbonyl (C=O) groups is 2. The number of amides is 2. The number of nitrogens with zero attached hydrogens (tertiary/aromatic N) is 9. The highest BCUT2D eigenvalue weighted by Crippen LogP contribution is 2.37. The number of nitrogens with one attached hydrogen (secondary N) is 1. The van der Waals surface area contributed by atoms with Crippen molar-refractivity contribution >= 4 is 55.7 Å². The van der Waals surface area contributed by atoms with Gasteiger partial charge in [-0.05, 0) is 42.2 Å². The van der Waals surface area contributed by atoms with Crippen molar-refractivity contribution in [3.8, 4) is 38.7 Å². The summed E-state index contributed by atoms with van der Waals surface area (Å²) in [5, 5.41) is 38.1. The van der Waals surface area contributed by atoms with Crippen LogP contribution in [-0.2, 0) is 16.1 Å². The van der Waals surface area contributed by atoms with Crippen LogP contribution in [0.25, 0.3) is 43.2 Å². The van der Waals surface area contributed by atoms with Gasteiger partial charge in [0.2, 0.25) is 17.8 Å². The molecule has 2 saturated heterocycles. The topological polar surface area (TPSA) is 187 Å². The normalized spacial score (nSPS) is 17.4. The molecule has 3 N–H and O–H groups in total. The van der Waals surface area contributed by atoms with Crippen LogP contribution in [0.3, 0.4) is 0 Å². The van der Waals surface area contributed by atoms with Crippen LogP contribution in [0.2, 0.25) is 0 Å². The second kappa shape index (κ2) is 17.0. The summed E-state index contributed by atoms with van der Waals surface area (Å²) >= 11 is 3.24. The molecule has 3 atom stereocenters. The molecule has 7 heterocycles. The molecule has 17 heteroatoms. The first-order valence-corrected chi connectivity index (χ1v) is 21.9. The molecule has 2 aliphatic rings. The van der Waals surface area contributed by atoms with Gasteiger partial charge in [0.1, 0.15) is 34.7 Å². The highest BCUT2D eigenvalue weighted by atomic mass is 32.1. The van der Waals surface area contributed by atoms with E-state index in [1.807, 2.05) is 68.7 Å². The van der Waals surface area contributed by atoms with Gasteiger partial charge in [-0.2, -0.15) is 0 Å². The largest absolute Gasteiger partial charge is 0.507 e. The van der Waals surface area contributed by atoms with Gasteiger partial charge in [0.25, 0.3) is 0 Å². The van der Waals surface area contributed by atoms with Gasteiger partial charge < -0.3 is 34.8 Å². The van der Waals surface area contributed by atoms with Crippen molar-refractivity contribution < 1.29 is 24.3 Å². The van der Waals surface area contributed by atoms with E-state index < -0.39 is 18.1 Å². The van der Waals surface area contributed by atoms with Gasteiger partial charge in [-0.25, -0.2) is 15.0 Å². The lowest BCUT2D eigenvalue weighted by molar-refractivity contribution is -0.141. The number of para-hydroxylation sites is 1. The van der Waals surface area contributed by atoms with Crippen LogP contribution < -0.4 is 15.1 Å². The average Bonchev–Trinajstić information content (AvgIpc) is 4.10. The van der Waals surface area contributed by atoms with Gasteiger partial charge in [0.05, 0.1) is 37.6 Å². The average molecular weight is 857 g/mol. The third-order valence-electron chi connectivity index (χ3n) is 11.3. The maximum atomic E-state index is 14.2. The molecule has 0 aliphatic carbocycles. The predicted molar refractivity (Wildman–Crippen MR) is 234 cm³/mol. The first-order valence-electron chi connectivity index (χ1n) is 20.2. The maximum Gasteiger partial charge on any atom is 0.243 e. The number of aliphatic hydroxyl groups is 1. The van der Waals surface area contributed by atoms with E-state index in [2.05, 4.69) is 51.5 Å². The molecule has 5 aromatic heterocycles. The molecule has 7 aromatic rings. The lowest BCUT2D eigenvalue weighted by Gasteiger charge is -2.35. The van der Waals surface area contributed by atoms with Crippen molar-refractivity contribution in [3.63, 3.8) is 0 Å². The van der Waals surface area contributed by atoms with Crippen LogP contribution in [-0.4, -0.2) is 102 Å². The van der Waals surface area contributed by atoms with Crippen molar-refractivity contribution in [3.05, 3.63) is 102 Å². The minimum Gasteiger partial charge on any atom is -0.507 e. The van der Waals surface area contributed by atoms with Gasteiger partial charge in [0, 0.05) is 81.3 Å². The Bertz CT molecular complexity index is 2670. The summed E-state index contributed by atoms with van der Waals surface area (Å²) in [5.74, 6) is -0.383. The smallest absolute Gasteiger partial charge is 0.243 e. The van der Waals surface area contributed by atoms with Gasteiger partial charge in [-0.3, -0.25) is 9.59 Å². The van der Waals surface area contributed by atoms with Crippen molar-refractivity contribution in [2.24, 2.45) is 5.92 Å². The number of aromatic nitrogens is 6. The lowest BCUT2D eigenvalue weighted by Crippen LogP contribution is -2.48. The number of aromatic hydroxyl groups is 1. The zero-order valence-corrected chi connectivity index (χ0v) is 35.4. The number of thiazole rings is 1. The molecule has 2 amide bonds. The fourth-order valence-electron chi connectivity index (χ4n) is 8.00. The van der Waals surface area contributed by atoms with E-state index >= 15 is 0 Å². The number of rotatable bonds is 11. The quantitative estimate of drug-likeness (QED) is 0.132.